The van der Waals surface area contributed by atoms with Gasteiger partial charge in [-0.1, -0.05) is 19.3 Å². The first-order valence-electron chi connectivity index (χ1n) is 4.25. The van der Waals surface area contributed by atoms with Crippen LogP contribution in [0.3, 0.4) is 0 Å². The Bertz CT molecular complexity index is 84.2. The van der Waals surface area contributed by atoms with Crippen LogP contribution in [0.1, 0.15) is 32.1 Å². The van der Waals surface area contributed by atoms with Crippen LogP contribution >= 0.6 is 12.4 Å². The molecule has 1 aliphatic carbocycles. The zero-order chi connectivity index (χ0) is 7.23. The van der Waals surface area contributed by atoms with Gasteiger partial charge in [0.25, 0.3) is 0 Å². The van der Waals surface area contributed by atoms with E-state index < -0.39 is 0 Å². The maximum Gasteiger partial charge on any atom is 0.0592 e. The van der Waals surface area contributed by atoms with Crippen LogP contribution in [0, 0.1) is 0 Å². The van der Waals surface area contributed by atoms with Gasteiger partial charge in [0.15, 0.2) is 0 Å². The molecule has 0 aromatic carbocycles. The van der Waals surface area contributed by atoms with Crippen LogP contribution in [0.25, 0.3) is 0 Å². The molecule has 0 radical (unpaired) electrons. The maximum absolute atomic E-state index is 5.51. The topological polar surface area (TPSA) is 35.2 Å². The molecule has 1 aliphatic rings. The molecule has 3 heteroatoms. The lowest BCUT2D eigenvalue weighted by atomic mass is 9.98. The number of nitrogens with two attached hydrogens (primary N) is 1. The van der Waals surface area contributed by atoms with Crippen molar-refractivity contribution in [1.82, 2.24) is 0 Å². The lowest BCUT2D eigenvalue weighted by Crippen LogP contribution is -2.20. The summed E-state index contributed by atoms with van der Waals surface area (Å²) in [5, 5.41) is 0. The fourth-order valence-electron chi connectivity index (χ4n) is 1.47. The quantitative estimate of drug-likeness (QED) is 0.716. The van der Waals surface area contributed by atoms with Gasteiger partial charge in [-0.3, -0.25) is 0 Å². The van der Waals surface area contributed by atoms with Crippen molar-refractivity contribution in [1.29, 1.82) is 0 Å². The molecule has 0 unspecified atom stereocenters. The Labute approximate surface area is 74.9 Å². The van der Waals surface area contributed by atoms with E-state index in [1.165, 1.54) is 32.1 Å². The summed E-state index contributed by atoms with van der Waals surface area (Å²) in [7, 11) is 0. The van der Waals surface area contributed by atoms with Gasteiger partial charge in [-0.05, 0) is 12.8 Å². The second kappa shape index (κ2) is 6.89. The van der Waals surface area contributed by atoms with E-state index in [1.807, 2.05) is 0 Å². The molecule has 0 bridgehead atoms. The van der Waals surface area contributed by atoms with Crippen molar-refractivity contribution in [2.45, 2.75) is 38.2 Å². The number of rotatable bonds is 3. The van der Waals surface area contributed by atoms with Crippen molar-refractivity contribution in [2.24, 2.45) is 5.73 Å². The summed E-state index contributed by atoms with van der Waals surface area (Å²) in [6, 6.07) is 0. The van der Waals surface area contributed by atoms with Gasteiger partial charge in [0.2, 0.25) is 0 Å². The van der Waals surface area contributed by atoms with Crippen LogP contribution in [0.2, 0.25) is 0 Å². The molecule has 0 amide bonds. The molecule has 2 nitrogen and oxygen atoms in total. The monoisotopic (exact) mass is 179 g/mol. The van der Waals surface area contributed by atoms with E-state index in [0.29, 0.717) is 12.6 Å². The van der Waals surface area contributed by atoms with Crippen molar-refractivity contribution < 1.29 is 4.74 Å². The van der Waals surface area contributed by atoms with E-state index in [9.17, 15) is 0 Å². The fourth-order valence-corrected chi connectivity index (χ4v) is 1.47. The lowest BCUT2D eigenvalue weighted by Gasteiger charge is -2.21. The molecular weight excluding hydrogens is 162 g/mol. The van der Waals surface area contributed by atoms with Crippen molar-refractivity contribution >= 4 is 12.4 Å². The highest BCUT2D eigenvalue weighted by molar-refractivity contribution is 5.85. The maximum atomic E-state index is 5.51. The standard InChI is InChI=1S/C8H17NO.ClH/c9-6-7-10-8-4-2-1-3-5-8;/h8H,1-7,9H2;1H. The average Bonchev–Trinajstić information content (AvgIpc) is 2.03. The average molecular weight is 180 g/mol. The molecule has 2 N–H and O–H groups in total. The summed E-state index contributed by atoms with van der Waals surface area (Å²) in [5.41, 5.74) is 5.32. The Morgan fingerprint density at radius 3 is 2.36 bits per heavy atom. The summed E-state index contributed by atoms with van der Waals surface area (Å²) in [6.07, 6.45) is 7.10. The first-order valence-corrected chi connectivity index (χ1v) is 4.25. The zero-order valence-electron chi connectivity index (χ0n) is 6.92. The largest absolute Gasteiger partial charge is 0.377 e. The molecule has 0 aromatic rings. The summed E-state index contributed by atoms with van der Waals surface area (Å²) in [5.74, 6) is 0. The zero-order valence-corrected chi connectivity index (χ0v) is 7.74. The minimum absolute atomic E-state index is 0. The van der Waals surface area contributed by atoms with Gasteiger partial charge in [0.05, 0.1) is 12.7 Å². The molecule has 0 atom stereocenters. The fraction of sp³-hybridized carbons (Fsp3) is 1.00. The van der Waals surface area contributed by atoms with Crippen LogP contribution in [0.5, 0.6) is 0 Å². The minimum Gasteiger partial charge on any atom is -0.377 e. The smallest absolute Gasteiger partial charge is 0.0592 e. The van der Waals surface area contributed by atoms with Gasteiger partial charge in [-0.15, -0.1) is 12.4 Å². The molecule has 1 saturated carbocycles. The molecular formula is C8H18ClNO. The van der Waals surface area contributed by atoms with Crippen LogP contribution in [0.15, 0.2) is 0 Å². The van der Waals surface area contributed by atoms with Crippen LogP contribution in [0.4, 0.5) is 0 Å². The summed E-state index contributed by atoms with van der Waals surface area (Å²) >= 11 is 0. The van der Waals surface area contributed by atoms with Gasteiger partial charge in [0.1, 0.15) is 0 Å². The molecule has 11 heavy (non-hydrogen) atoms. The molecule has 0 spiro atoms. The third-order valence-electron chi connectivity index (χ3n) is 2.02. The summed E-state index contributed by atoms with van der Waals surface area (Å²) < 4.78 is 5.51. The Kier molecular flexibility index (Phi) is 7.02. The summed E-state index contributed by atoms with van der Waals surface area (Å²) in [4.78, 5) is 0. The van der Waals surface area contributed by atoms with E-state index in [0.717, 1.165) is 6.61 Å². The van der Waals surface area contributed by atoms with E-state index in [2.05, 4.69) is 0 Å². The molecule has 0 aromatic heterocycles. The van der Waals surface area contributed by atoms with Gasteiger partial charge >= 0.3 is 0 Å². The lowest BCUT2D eigenvalue weighted by molar-refractivity contribution is 0.0333. The summed E-state index contributed by atoms with van der Waals surface area (Å²) in [6.45, 7) is 1.40. The molecule has 1 rings (SSSR count). The second-order valence-electron chi connectivity index (χ2n) is 2.92. The Hall–Kier alpha value is 0.210. The van der Waals surface area contributed by atoms with Gasteiger partial charge in [0, 0.05) is 6.54 Å². The molecule has 68 valence electrons. The first kappa shape index (κ1) is 11.2. The molecule has 1 fully saturated rings. The van der Waals surface area contributed by atoms with Crippen molar-refractivity contribution in [3.63, 3.8) is 0 Å². The number of hydrogen-bond donors (Lipinski definition) is 1. The van der Waals surface area contributed by atoms with Crippen molar-refractivity contribution in [3.05, 3.63) is 0 Å². The SMILES string of the molecule is Cl.NCCOC1CCCCC1. The van der Waals surface area contributed by atoms with Gasteiger partial charge in [-0.25, -0.2) is 0 Å². The number of hydrogen-bond acceptors (Lipinski definition) is 2. The predicted octanol–water partition coefficient (Wildman–Crippen LogP) is 1.72. The van der Waals surface area contributed by atoms with E-state index in [1.54, 1.807) is 0 Å². The third-order valence-corrected chi connectivity index (χ3v) is 2.02. The Morgan fingerprint density at radius 2 is 1.82 bits per heavy atom. The molecule has 0 heterocycles. The highest BCUT2D eigenvalue weighted by Gasteiger charge is 2.12. The molecule has 0 aliphatic heterocycles. The highest BCUT2D eigenvalue weighted by Crippen LogP contribution is 2.19. The number of halogens is 1. The van der Waals surface area contributed by atoms with Gasteiger partial charge in [-0.2, -0.15) is 0 Å². The second-order valence-corrected chi connectivity index (χ2v) is 2.92. The third kappa shape index (κ3) is 4.62. The van der Waals surface area contributed by atoms with Crippen LogP contribution in [-0.4, -0.2) is 19.3 Å². The van der Waals surface area contributed by atoms with Crippen molar-refractivity contribution in [2.75, 3.05) is 13.2 Å². The number of ether oxygens (including phenoxy) is 1. The van der Waals surface area contributed by atoms with E-state index in [-0.39, 0.29) is 12.4 Å². The highest BCUT2D eigenvalue weighted by atomic mass is 35.5. The predicted molar refractivity (Wildman–Crippen MR) is 49.1 cm³/mol. The van der Waals surface area contributed by atoms with Gasteiger partial charge < -0.3 is 10.5 Å². The Morgan fingerprint density at radius 1 is 1.18 bits per heavy atom. The van der Waals surface area contributed by atoms with E-state index in [4.69, 9.17) is 10.5 Å². The van der Waals surface area contributed by atoms with Crippen molar-refractivity contribution in [3.8, 4) is 0 Å². The first-order chi connectivity index (χ1) is 4.93. The normalized spacial score (nSPS) is 19.4. The van der Waals surface area contributed by atoms with E-state index >= 15 is 0 Å². The van der Waals surface area contributed by atoms with Crippen LogP contribution in [-0.2, 0) is 4.74 Å². The Balaban J connectivity index is 0.000001000. The van der Waals surface area contributed by atoms with Crippen LogP contribution < -0.4 is 5.73 Å². The minimum atomic E-state index is 0. The molecule has 0 saturated heterocycles.